The fourth-order valence-corrected chi connectivity index (χ4v) is 0.772. The molecule has 0 fully saturated rings. The Labute approximate surface area is 88.7 Å². The maximum absolute atomic E-state index is 11.1. The molecule has 0 aromatic carbocycles. The Bertz CT molecular complexity index is 178. The summed E-state index contributed by atoms with van der Waals surface area (Å²) in [5.74, 6) is 0.201. The molecule has 0 saturated heterocycles. The van der Waals surface area contributed by atoms with Crippen LogP contribution in [0.3, 0.4) is 0 Å². The first-order valence-electron chi connectivity index (χ1n) is 4.30. The highest BCUT2D eigenvalue weighted by atomic mass is 35.5. The number of hydrazine groups is 1. The van der Waals surface area contributed by atoms with Gasteiger partial charge < -0.3 is 9.84 Å². The number of amides is 1. The van der Waals surface area contributed by atoms with Crippen molar-refractivity contribution in [3.63, 3.8) is 0 Å². The molecule has 0 aliphatic heterocycles. The largest absolute Gasteiger partial charge is 0.443 e. The zero-order valence-corrected chi connectivity index (χ0v) is 9.39. The molecule has 84 valence electrons. The third-order valence-corrected chi connectivity index (χ3v) is 1.56. The molecule has 0 spiro atoms. The molecule has 14 heavy (non-hydrogen) atoms. The topological polar surface area (TPSA) is 70.6 Å². The number of carbonyl (C=O) groups excluding carboxylic acids is 1. The van der Waals surface area contributed by atoms with E-state index in [-0.39, 0.29) is 18.5 Å². The summed E-state index contributed by atoms with van der Waals surface area (Å²) in [5.41, 5.74) is 4.28. The van der Waals surface area contributed by atoms with E-state index < -0.39 is 11.7 Å². The van der Waals surface area contributed by atoms with Gasteiger partial charge in [0.25, 0.3) is 0 Å². The van der Waals surface area contributed by atoms with Crippen LogP contribution < -0.4 is 10.9 Å². The van der Waals surface area contributed by atoms with E-state index in [2.05, 4.69) is 10.9 Å². The van der Waals surface area contributed by atoms with Crippen molar-refractivity contribution in [3.8, 4) is 0 Å². The van der Waals surface area contributed by atoms with Gasteiger partial charge in [-0.2, -0.15) is 0 Å². The second kappa shape index (κ2) is 6.06. The first-order valence-corrected chi connectivity index (χ1v) is 4.84. The summed E-state index contributed by atoms with van der Waals surface area (Å²) < 4.78 is 4.94. The van der Waals surface area contributed by atoms with E-state index in [4.69, 9.17) is 21.4 Å². The van der Waals surface area contributed by atoms with Crippen LogP contribution in [0.5, 0.6) is 0 Å². The Balaban J connectivity index is 3.74. The fourth-order valence-electron chi connectivity index (χ4n) is 0.598. The molecule has 1 amide bonds. The molecule has 0 radical (unpaired) electrons. The third-order valence-electron chi connectivity index (χ3n) is 1.18. The number of aliphatic hydroxyl groups excluding tert-OH is 1. The van der Waals surface area contributed by atoms with Gasteiger partial charge >= 0.3 is 6.09 Å². The average molecular weight is 225 g/mol. The highest BCUT2D eigenvalue weighted by Gasteiger charge is 2.16. The quantitative estimate of drug-likeness (QED) is 0.484. The van der Waals surface area contributed by atoms with Crippen molar-refractivity contribution in [2.45, 2.75) is 32.4 Å². The average Bonchev–Trinajstić information content (AvgIpc) is 2.03. The lowest BCUT2D eigenvalue weighted by atomic mass is 10.2. The minimum atomic E-state index is -0.596. The van der Waals surface area contributed by atoms with E-state index in [1.165, 1.54) is 0 Å². The Kier molecular flexibility index (Phi) is 5.83. The Morgan fingerprint density at radius 3 is 2.50 bits per heavy atom. The normalized spacial score (nSPS) is 13.5. The van der Waals surface area contributed by atoms with Gasteiger partial charge in [0.2, 0.25) is 0 Å². The van der Waals surface area contributed by atoms with Crippen molar-refractivity contribution >= 4 is 17.7 Å². The monoisotopic (exact) mass is 224 g/mol. The van der Waals surface area contributed by atoms with Crippen molar-refractivity contribution in [3.05, 3.63) is 0 Å². The molecule has 0 bridgehead atoms. The molecule has 0 heterocycles. The molecule has 1 atom stereocenters. The van der Waals surface area contributed by atoms with Gasteiger partial charge in [0.1, 0.15) is 5.60 Å². The summed E-state index contributed by atoms with van der Waals surface area (Å²) >= 11 is 5.47. The van der Waals surface area contributed by atoms with Crippen LogP contribution in [0.15, 0.2) is 0 Å². The third kappa shape index (κ3) is 6.94. The number of aliphatic hydroxyl groups is 1. The number of hydrogen-bond donors (Lipinski definition) is 3. The molecular formula is C8H17ClN2O3. The second-order valence-electron chi connectivity index (χ2n) is 3.81. The maximum atomic E-state index is 11.1. The minimum absolute atomic E-state index is 0.153. The summed E-state index contributed by atoms with van der Waals surface area (Å²) in [4.78, 5) is 11.1. The maximum Gasteiger partial charge on any atom is 0.422 e. The Morgan fingerprint density at radius 1 is 1.57 bits per heavy atom. The Hall–Kier alpha value is -0.520. The van der Waals surface area contributed by atoms with Crippen molar-refractivity contribution in [1.82, 2.24) is 10.9 Å². The van der Waals surface area contributed by atoms with E-state index >= 15 is 0 Å². The Morgan fingerprint density at radius 2 is 2.14 bits per heavy atom. The molecular weight excluding hydrogens is 208 g/mol. The molecule has 1 unspecified atom stereocenters. The summed E-state index contributed by atoms with van der Waals surface area (Å²) in [6.07, 6.45) is -0.596. The predicted octanol–water partition coefficient (Wildman–Crippen LogP) is 0.615. The molecule has 5 nitrogen and oxygen atoms in total. The number of halogens is 1. The molecule has 6 heteroatoms. The summed E-state index contributed by atoms with van der Waals surface area (Å²) in [6.45, 7) is 5.13. The fraction of sp³-hybridized carbons (Fsp3) is 0.875. The smallest absolute Gasteiger partial charge is 0.422 e. The van der Waals surface area contributed by atoms with E-state index in [9.17, 15) is 4.79 Å². The standard InChI is InChI=1S/C8H17ClN2O3/c1-8(2,3)14-7(13)11-10-6(4-9)5-12/h6,10,12H,4-5H2,1-3H3,(H,11,13). The van der Waals surface area contributed by atoms with Crippen LogP contribution in [-0.4, -0.2) is 35.3 Å². The van der Waals surface area contributed by atoms with E-state index in [1.807, 2.05) is 0 Å². The molecule has 0 rings (SSSR count). The van der Waals surface area contributed by atoms with Gasteiger partial charge in [0.05, 0.1) is 12.6 Å². The van der Waals surface area contributed by atoms with Crippen LogP contribution in [0, 0.1) is 0 Å². The summed E-state index contributed by atoms with van der Waals surface area (Å²) in [7, 11) is 0. The zero-order valence-electron chi connectivity index (χ0n) is 8.63. The molecule has 0 aromatic rings. The van der Waals surface area contributed by atoms with Crippen molar-refractivity contribution < 1.29 is 14.6 Å². The summed E-state index contributed by atoms with van der Waals surface area (Å²) in [6, 6.07) is -0.371. The number of nitrogens with one attached hydrogen (secondary N) is 2. The lowest BCUT2D eigenvalue weighted by molar-refractivity contribution is 0.0482. The number of alkyl halides is 1. The number of carbonyl (C=O) groups is 1. The van der Waals surface area contributed by atoms with E-state index in [0.717, 1.165) is 0 Å². The van der Waals surface area contributed by atoms with Gasteiger partial charge in [-0.3, -0.25) is 5.43 Å². The number of ether oxygens (including phenoxy) is 1. The van der Waals surface area contributed by atoms with Gasteiger partial charge in [-0.1, -0.05) is 0 Å². The minimum Gasteiger partial charge on any atom is -0.443 e. The lowest BCUT2D eigenvalue weighted by Gasteiger charge is -2.21. The first kappa shape index (κ1) is 13.5. The van der Waals surface area contributed by atoms with Crippen LogP contribution in [-0.2, 0) is 4.74 Å². The number of hydrogen-bond acceptors (Lipinski definition) is 4. The van der Waals surface area contributed by atoms with Crippen LogP contribution in [0.25, 0.3) is 0 Å². The highest BCUT2D eigenvalue weighted by molar-refractivity contribution is 6.18. The van der Waals surface area contributed by atoms with Gasteiger partial charge in [-0.25, -0.2) is 10.2 Å². The summed E-state index contributed by atoms with van der Waals surface area (Å²) in [5, 5.41) is 8.73. The van der Waals surface area contributed by atoms with Gasteiger partial charge in [-0.15, -0.1) is 11.6 Å². The van der Waals surface area contributed by atoms with Crippen molar-refractivity contribution in [2.24, 2.45) is 0 Å². The van der Waals surface area contributed by atoms with Gasteiger partial charge in [0.15, 0.2) is 0 Å². The molecule has 0 aromatic heterocycles. The SMILES string of the molecule is CC(C)(C)OC(=O)NNC(CO)CCl. The first-order chi connectivity index (χ1) is 6.39. The van der Waals surface area contributed by atoms with Crippen molar-refractivity contribution in [1.29, 1.82) is 0 Å². The van der Waals surface area contributed by atoms with Crippen LogP contribution in [0.2, 0.25) is 0 Å². The highest BCUT2D eigenvalue weighted by Crippen LogP contribution is 2.05. The second-order valence-corrected chi connectivity index (χ2v) is 4.11. The number of rotatable bonds is 4. The van der Waals surface area contributed by atoms with Crippen molar-refractivity contribution in [2.75, 3.05) is 12.5 Å². The van der Waals surface area contributed by atoms with Crippen LogP contribution in [0.4, 0.5) is 4.79 Å². The predicted molar refractivity (Wildman–Crippen MR) is 54.1 cm³/mol. The van der Waals surface area contributed by atoms with Crippen LogP contribution >= 0.6 is 11.6 Å². The molecule has 3 N–H and O–H groups in total. The van der Waals surface area contributed by atoms with Gasteiger partial charge in [-0.05, 0) is 20.8 Å². The molecule has 0 aliphatic carbocycles. The zero-order chi connectivity index (χ0) is 11.2. The van der Waals surface area contributed by atoms with Crippen LogP contribution in [0.1, 0.15) is 20.8 Å². The lowest BCUT2D eigenvalue weighted by Crippen LogP contribution is -2.48. The van der Waals surface area contributed by atoms with Gasteiger partial charge in [0, 0.05) is 5.88 Å². The van der Waals surface area contributed by atoms with E-state index in [1.54, 1.807) is 20.8 Å². The molecule has 0 saturated carbocycles. The molecule has 0 aliphatic rings. The van der Waals surface area contributed by atoms with E-state index in [0.29, 0.717) is 0 Å².